The van der Waals surface area contributed by atoms with Crippen LogP contribution in [0.15, 0.2) is 275 Å². The SMILES string of the molecule is O=C(Oc1ccccc1)c1ccc(C2=NC(c3ccc(Cl)cc3Cl)(C3(c4ccc(Cl)cc4Cl)N=C(c4ccc(C(=O)Oc5ccccc5)cc4)C(c4ccc(C(=O)Oc5ccccc5)cc4)=N3)N=C2c2ccc(C(=O)Oc3ccccc3)cc2)cc1. The summed E-state index contributed by atoms with van der Waals surface area (Å²) in [6.45, 7) is 0. The third-order valence-electron chi connectivity index (χ3n) is 14.0. The van der Waals surface area contributed by atoms with Crippen molar-refractivity contribution < 1.29 is 38.1 Å². The summed E-state index contributed by atoms with van der Waals surface area (Å²) in [5, 5.41) is 0.838. The van der Waals surface area contributed by atoms with Crippen LogP contribution < -0.4 is 18.9 Å². The first-order valence-electron chi connectivity index (χ1n) is 26.6. The van der Waals surface area contributed by atoms with Crippen LogP contribution in [0.25, 0.3) is 0 Å². The summed E-state index contributed by atoms with van der Waals surface area (Å²) in [7, 11) is 0. The summed E-state index contributed by atoms with van der Waals surface area (Å²) < 4.78 is 22.8. The quantitative estimate of drug-likeness (QED) is 0.0726. The van der Waals surface area contributed by atoms with Gasteiger partial charge in [0.15, 0.2) is 0 Å². The van der Waals surface area contributed by atoms with Crippen molar-refractivity contribution in [2.45, 2.75) is 11.3 Å². The van der Waals surface area contributed by atoms with E-state index in [0.717, 1.165) is 0 Å². The number of aliphatic imine (C=N–C) groups is 4. The molecule has 12 nitrogen and oxygen atoms in total. The molecule has 2 aliphatic rings. The maximum absolute atomic E-state index is 13.6. The largest absolute Gasteiger partial charge is 0.423 e. The second-order valence-corrected chi connectivity index (χ2v) is 21.2. The van der Waals surface area contributed by atoms with Crippen LogP contribution >= 0.6 is 46.4 Å². The van der Waals surface area contributed by atoms with Gasteiger partial charge in [-0.15, -0.1) is 0 Å². The lowest BCUT2D eigenvalue weighted by Crippen LogP contribution is -2.43. The number of hydrogen-bond donors (Lipinski definition) is 0. The molecule has 0 radical (unpaired) electrons. The topological polar surface area (TPSA) is 155 Å². The highest BCUT2D eigenvalue weighted by atomic mass is 35.5. The molecule has 16 heteroatoms. The fourth-order valence-electron chi connectivity index (χ4n) is 9.86. The molecule has 0 aromatic heterocycles. The smallest absolute Gasteiger partial charge is 0.343 e. The average Bonchev–Trinajstić information content (AvgIpc) is 1.52. The molecule has 0 unspecified atom stereocenters. The molecular weight excluding hydrogens is 1170 g/mol. The van der Waals surface area contributed by atoms with E-state index < -0.39 is 35.2 Å². The van der Waals surface area contributed by atoms with Crippen LogP contribution in [-0.4, -0.2) is 46.7 Å². The molecule has 418 valence electrons. The van der Waals surface area contributed by atoms with Gasteiger partial charge in [0.25, 0.3) is 0 Å². The van der Waals surface area contributed by atoms with E-state index in [-0.39, 0.29) is 66.3 Å². The Morgan fingerprint density at radius 3 is 0.709 bits per heavy atom. The lowest BCUT2D eigenvalue weighted by Gasteiger charge is -2.39. The van der Waals surface area contributed by atoms with Gasteiger partial charge in [0.1, 0.15) is 23.0 Å². The molecule has 0 saturated carbocycles. The summed E-state index contributed by atoms with van der Waals surface area (Å²) in [6, 6.07) is 71.3. The van der Waals surface area contributed by atoms with Crippen LogP contribution in [0, 0.1) is 0 Å². The van der Waals surface area contributed by atoms with Crippen LogP contribution in [0.4, 0.5) is 0 Å². The van der Waals surface area contributed by atoms with Crippen LogP contribution in [0.5, 0.6) is 23.0 Å². The zero-order valence-corrected chi connectivity index (χ0v) is 47.8. The summed E-state index contributed by atoms with van der Waals surface area (Å²) in [4.78, 5) is 77.4. The first-order valence-corrected chi connectivity index (χ1v) is 28.2. The molecule has 0 spiro atoms. The number of carbonyl (C=O) groups is 4. The third-order valence-corrected chi connectivity index (χ3v) is 15.1. The van der Waals surface area contributed by atoms with Crippen molar-refractivity contribution in [3.63, 3.8) is 0 Å². The van der Waals surface area contributed by atoms with Gasteiger partial charge in [-0.2, -0.15) is 0 Å². The Bertz CT molecular complexity index is 3870. The van der Waals surface area contributed by atoms with Crippen molar-refractivity contribution in [2.75, 3.05) is 0 Å². The van der Waals surface area contributed by atoms with E-state index in [9.17, 15) is 19.2 Å². The van der Waals surface area contributed by atoms with Crippen molar-refractivity contribution in [3.05, 3.63) is 331 Å². The second kappa shape index (κ2) is 24.3. The first kappa shape index (κ1) is 56.4. The maximum Gasteiger partial charge on any atom is 0.343 e. The van der Waals surface area contributed by atoms with Crippen molar-refractivity contribution in [2.24, 2.45) is 20.0 Å². The van der Waals surface area contributed by atoms with Crippen molar-refractivity contribution in [1.82, 2.24) is 0 Å². The van der Waals surface area contributed by atoms with Gasteiger partial charge >= 0.3 is 23.9 Å². The van der Waals surface area contributed by atoms with Gasteiger partial charge in [-0.25, -0.2) is 39.1 Å². The lowest BCUT2D eigenvalue weighted by molar-refractivity contribution is 0.0725. The number of esters is 4. The molecule has 2 aliphatic heterocycles. The van der Waals surface area contributed by atoms with E-state index in [4.69, 9.17) is 85.3 Å². The number of para-hydroxylation sites is 4. The summed E-state index contributed by atoms with van der Waals surface area (Å²) in [6.07, 6.45) is 0. The third kappa shape index (κ3) is 11.5. The minimum absolute atomic E-state index is 0.121. The lowest BCUT2D eigenvalue weighted by atomic mass is 9.82. The van der Waals surface area contributed by atoms with Gasteiger partial charge in [0.2, 0.25) is 11.3 Å². The molecular formula is C70H42Cl4N4O8. The molecule has 0 atom stereocenters. The van der Waals surface area contributed by atoms with Gasteiger partial charge in [-0.3, -0.25) is 0 Å². The fourth-order valence-corrected chi connectivity index (χ4v) is 10.9. The highest BCUT2D eigenvalue weighted by Gasteiger charge is 2.62. The molecule has 0 fully saturated rings. The predicted octanol–water partition coefficient (Wildman–Crippen LogP) is 16.2. The number of halogens is 4. The van der Waals surface area contributed by atoms with Crippen molar-refractivity contribution in [3.8, 4) is 23.0 Å². The first-order chi connectivity index (χ1) is 41.8. The summed E-state index contributed by atoms with van der Waals surface area (Å²) >= 11 is 28.4. The molecule has 0 aliphatic carbocycles. The highest BCUT2D eigenvalue weighted by molar-refractivity contribution is 6.56. The predicted molar refractivity (Wildman–Crippen MR) is 334 cm³/mol. The monoisotopic (exact) mass is 1210 g/mol. The number of carbonyl (C=O) groups excluding carboxylic acids is 4. The van der Waals surface area contributed by atoms with Gasteiger partial charge in [0, 0.05) is 53.5 Å². The molecule has 10 aromatic carbocycles. The van der Waals surface area contributed by atoms with Crippen LogP contribution in [-0.2, 0) is 11.3 Å². The molecule has 0 N–H and O–H groups in total. The Hall–Kier alpha value is -10.1. The van der Waals surface area contributed by atoms with Gasteiger partial charge in [0.05, 0.1) is 45.1 Å². The molecule has 0 saturated heterocycles. The molecule has 10 aromatic rings. The van der Waals surface area contributed by atoms with E-state index >= 15 is 0 Å². The van der Waals surface area contributed by atoms with Crippen molar-refractivity contribution >= 4 is 93.1 Å². The number of nitrogens with zero attached hydrogens (tertiary/aromatic N) is 4. The Morgan fingerprint density at radius 1 is 0.279 bits per heavy atom. The highest BCUT2D eigenvalue weighted by Crippen LogP contribution is 2.57. The molecule has 86 heavy (non-hydrogen) atoms. The summed E-state index contributed by atoms with van der Waals surface area (Å²) in [5.74, 6) is -0.941. The number of hydrogen-bond acceptors (Lipinski definition) is 12. The van der Waals surface area contributed by atoms with Crippen molar-refractivity contribution in [1.29, 1.82) is 0 Å². The minimum atomic E-state index is -2.08. The summed E-state index contributed by atoms with van der Waals surface area (Å²) in [5.41, 5.74) is 0.424. The molecule has 0 amide bonds. The van der Waals surface area contributed by atoms with Gasteiger partial charge < -0.3 is 18.9 Å². The van der Waals surface area contributed by atoms with E-state index in [2.05, 4.69) is 0 Å². The van der Waals surface area contributed by atoms with Crippen LogP contribution in [0.2, 0.25) is 20.1 Å². The Balaban J connectivity index is 1.09. The Labute approximate surface area is 512 Å². The average molecular weight is 1210 g/mol. The number of benzene rings is 10. The minimum Gasteiger partial charge on any atom is -0.423 e. The van der Waals surface area contributed by atoms with E-state index in [0.29, 0.717) is 55.3 Å². The zero-order chi connectivity index (χ0) is 59.4. The van der Waals surface area contributed by atoms with Crippen LogP contribution in [0.1, 0.15) is 74.8 Å². The second-order valence-electron chi connectivity index (χ2n) is 19.6. The Kier molecular flexibility index (Phi) is 15.9. The van der Waals surface area contributed by atoms with Gasteiger partial charge in [-0.1, -0.05) is 180 Å². The normalized spacial score (nSPS) is 13.8. The molecule has 2 heterocycles. The van der Waals surface area contributed by atoms with E-state index in [1.807, 2.05) is 24.3 Å². The van der Waals surface area contributed by atoms with E-state index in [1.54, 1.807) is 231 Å². The van der Waals surface area contributed by atoms with Gasteiger partial charge in [-0.05, 0) is 121 Å². The molecule has 12 rings (SSSR count). The van der Waals surface area contributed by atoms with Crippen LogP contribution in [0.3, 0.4) is 0 Å². The Morgan fingerprint density at radius 2 is 0.500 bits per heavy atom. The number of rotatable bonds is 15. The fraction of sp³-hybridized carbons (Fsp3) is 0.0286. The standard InChI is InChI=1S/C70H42Cl4N4O8/c71-51-37-39-57(59(73)41-51)69(75-61(43-21-29-47(30-22-43)65(79)83-53-13-5-1-6-14-53)62(76-69)44-23-31-48(32-24-44)66(80)84-54-15-7-2-8-16-54)70(58-40-38-52(72)42-60(58)74)77-63(45-25-33-49(34-26-45)67(81)85-55-17-9-3-10-18-55)64(78-70)46-27-35-50(36-28-46)68(82)86-56-19-11-4-12-20-56/h1-42H. The number of ether oxygens (including phenoxy) is 4. The zero-order valence-electron chi connectivity index (χ0n) is 44.8. The maximum atomic E-state index is 13.6. The molecule has 0 bridgehead atoms. The van der Waals surface area contributed by atoms with E-state index in [1.165, 1.54) is 0 Å².